The molecule has 3 rings (SSSR count). The van der Waals surface area contributed by atoms with Gasteiger partial charge in [0.15, 0.2) is 0 Å². The normalized spacial score (nSPS) is 10.4. The maximum atomic E-state index is 10.9. The Morgan fingerprint density at radius 3 is 1.93 bits per heavy atom. The molecule has 0 saturated heterocycles. The van der Waals surface area contributed by atoms with E-state index in [0.29, 0.717) is 5.95 Å². The van der Waals surface area contributed by atoms with Gasteiger partial charge in [0.05, 0.1) is 5.56 Å². The number of benzene rings is 2. The molecule has 2 aromatic carbocycles. The van der Waals surface area contributed by atoms with Gasteiger partial charge in [-0.05, 0) is 29.8 Å². The molecule has 0 saturated carbocycles. The summed E-state index contributed by atoms with van der Waals surface area (Å²) < 4.78 is 31.7. The van der Waals surface area contributed by atoms with Gasteiger partial charge in [-0.3, -0.25) is 0 Å². The van der Waals surface area contributed by atoms with Crippen molar-refractivity contribution in [3.05, 3.63) is 72.6 Å². The molecule has 10 heteroatoms. The van der Waals surface area contributed by atoms with Crippen LogP contribution in [0, 0.1) is 0 Å². The van der Waals surface area contributed by atoms with Crippen LogP contribution < -0.4 is 5.32 Å². The van der Waals surface area contributed by atoms with E-state index in [1.165, 1.54) is 0 Å². The van der Waals surface area contributed by atoms with Crippen LogP contribution in [-0.2, 0) is 4.79 Å². The predicted octanol–water partition coefficient (Wildman–Crippen LogP) is 4.22. The Balaban J connectivity index is 0.000000370. The van der Waals surface area contributed by atoms with Crippen LogP contribution in [0.4, 0.5) is 24.8 Å². The number of nitrogens with zero attached hydrogens (tertiary/aromatic N) is 2. The van der Waals surface area contributed by atoms with E-state index in [-0.39, 0.29) is 5.56 Å². The van der Waals surface area contributed by atoms with Crippen molar-refractivity contribution in [2.75, 3.05) is 5.32 Å². The zero-order chi connectivity index (χ0) is 21.4. The molecule has 0 aliphatic carbocycles. The lowest BCUT2D eigenvalue weighted by Gasteiger charge is -2.11. The van der Waals surface area contributed by atoms with E-state index < -0.39 is 18.1 Å². The van der Waals surface area contributed by atoms with E-state index in [9.17, 15) is 18.0 Å². The van der Waals surface area contributed by atoms with Crippen molar-refractivity contribution in [3.8, 4) is 11.1 Å². The minimum Gasteiger partial charge on any atom is -0.478 e. The molecule has 0 bridgehead atoms. The van der Waals surface area contributed by atoms with Gasteiger partial charge in [0.1, 0.15) is 0 Å². The Morgan fingerprint density at radius 1 is 0.862 bits per heavy atom. The topological polar surface area (TPSA) is 112 Å². The van der Waals surface area contributed by atoms with E-state index in [0.717, 1.165) is 16.8 Å². The number of halogens is 3. The van der Waals surface area contributed by atoms with Crippen LogP contribution in [-0.4, -0.2) is 38.3 Å². The summed E-state index contributed by atoms with van der Waals surface area (Å²) in [5.74, 6) is -3.18. The number of nitrogens with one attached hydrogen (secondary N) is 1. The van der Waals surface area contributed by atoms with Gasteiger partial charge < -0.3 is 15.5 Å². The summed E-state index contributed by atoms with van der Waals surface area (Å²) in [4.78, 5) is 28.1. The third-order valence-electron chi connectivity index (χ3n) is 3.42. The van der Waals surface area contributed by atoms with Crippen LogP contribution in [0.2, 0.25) is 0 Å². The Kier molecular flexibility index (Phi) is 6.85. The minimum atomic E-state index is -5.08. The average Bonchev–Trinajstić information content (AvgIpc) is 2.69. The number of anilines is 2. The van der Waals surface area contributed by atoms with E-state index in [4.69, 9.17) is 15.0 Å². The van der Waals surface area contributed by atoms with Crippen LogP contribution in [0.15, 0.2) is 67.0 Å². The fourth-order valence-corrected chi connectivity index (χ4v) is 2.12. The molecule has 0 unspecified atom stereocenters. The molecule has 0 aliphatic heterocycles. The second-order valence-corrected chi connectivity index (χ2v) is 5.43. The summed E-state index contributed by atoms with van der Waals surface area (Å²) in [6, 6.07) is 16.2. The van der Waals surface area contributed by atoms with Crippen molar-refractivity contribution in [3.63, 3.8) is 0 Å². The number of carboxylic acid groups (broad SMARTS) is 2. The molecule has 150 valence electrons. The summed E-state index contributed by atoms with van der Waals surface area (Å²) >= 11 is 0. The summed E-state index contributed by atoms with van der Waals surface area (Å²) in [6.45, 7) is 0. The average molecular weight is 405 g/mol. The summed E-state index contributed by atoms with van der Waals surface area (Å²) in [6.07, 6.45) is -1.75. The summed E-state index contributed by atoms with van der Waals surface area (Å²) in [5, 5.41) is 19.3. The van der Waals surface area contributed by atoms with Crippen LogP contribution in [0.5, 0.6) is 0 Å². The highest BCUT2D eigenvalue weighted by atomic mass is 19.4. The van der Waals surface area contributed by atoms with Gasteiger partial charge in [-0.15, -0.1) is 0 Å². The number of aromatic nitrogens is 2. The molecule has 29 heavy (non-hydrogen) atoms. The molecular weight excluding hydrogens is 391 g/mol. The minimum absolute atomic E-state index is 0.264. The number of hydrogen-bond donors (Lipinski definition) is 3. The van der Waals surface area contributed by atoms with Crippen LogP contribution in [0.1, 0.15) is 10.4 Å². The molecule has 3 aromatic rings. The second-order valence-electron chi connectivity index (χ2n) is 5.43. The first-order valence-corrected chi connectivity index (χ1v) is 7.95. The molecule has 1 aromatic heterocycles. The molecule has 1 heterocycles. The standard InChI is InChI=1S/C17H13N3O2.C2HF3O2/c21-16(22)13-8-6-12(7-9-13)14-4-1-2-5-15(14)20-17-18-10-3-11-19-17;3-2(4,5)1(6)7/h1-11H,(H,21,22)(H,18,19,20);(H,6,7). The van der Waals surface area contributed by atoms with Gasteiger partial charge in [0, 0.05) is 23.6 Å². The number of hydrogen-bond acceptors (Lipinski definition) is 5. The third kappa shape index (κ3) is 6.31. The number of carbonyl (C=O) groups is 2. The second kappa shape index (κ2) is 9.31. The first kappa shape index (κ1) is 21.4. The largest absolute Gasteiger partial charge is 0.490 e. The van der Waals surface area contributed by atoms with Gasteiger partial charge >= 0.3 is 18.1 Å². The fourth-order valence-electron chi connectivity index (χ4n) is 2.12. The molecule has 0 atom stereocenters. The highest BCUT2D eigenvalue weighted by Crippen LogP contribution is 2.29. The van der Waals surface area contributed by atoms with E-state index in [1.807, 2.05) is 24.3 Å². The lowest BCUT2D eigenvalue weighted by atomic mass is 10.0. The first-order valence-electron chi connectivity index (χ1n) is 7.95. The zero-order valence-electron chi connectivity index (χ0n) is 14.6. The first-order chi connectivity index (χ1) is 13.7. The molecule has 3 N–H and O–H groups in total. The highest BCUT2D eigenvalue weighted by molar-refractivity contribution is 5.89. The number of aliphatic carboxylic acids is 1. The lowest BCUT2D eigenvalue weighted by molar-refractivity contribution is -0.192. The van der Waals surface area contributed by atoms with Gasteiger partial charge in [-0.1, -0.05) is 30.3 Å². The molecule has 0 aliphatic rings. The maximum absolute atomic E-state index is 10.9. The van der Waals surface area contributed by atoms with E-state index in [2.05, 4.69) is 15.3 Å². The van der Waals surface area contributed by atoms with Crippen molar-refractivity contribution >= 4 is 23.6 Å². The molecule has 0 radical (unpaired) electrons. The fraction of sp³-hybridized carbons (Fsp3) is 0.0526. The van der Waals surface area contributed by atoms with Crippen LogP contribution >= 0.6 is 0 Å². The lowest BCUT2D eigenvalue weighted by Crippen LogP contribution is -2.21. The zero-order valence-corrected chi connectivity index (χ0v) is 14.6. The highest BCUT2D eigenvalue weighted by Gasteiger charge is 2.38. The van der Waals surface area contributed by atoms with Crippen molar-refractivity contribution in [1.82, 2.24) is 9.97 Å². The Morgan fingerprint density at radius 2 is 1.41 bits per heavy atom. The van der Waals surface area contributed by atoms with Crippen LogP contribution in [0.3, 0.4) is 0 Å². The van der Waals surface area contributed by atoms with Crippen molar-refractivity contribution in [2.24, 2.45) is 0 Å². The predicted molar refractivity (Wildman–Crippen MR) is 97.8 cm³/mol. The Bertz CT molecular complexity index is 978. The monoisotopic (exact) mass is 405 g/mol. The molecule has 7 nitrogen and oxygen atoms in total. The maximum Gasteiger partial charge on any atom is 0.490 e. The third-order valence-corrected chi connectivity index (χ3v) is 3.42. The summed E-state index contributed by atoms with van der Waals surface area (Å²) in [7, 11) is 0. The quantitative estimate of drug-likeness (QED) is 0.596. The molecule has 0 fully saturated rings. The number of alkyl halides is 3. The molecule has 0 spiro atoms. The number of rotatable bonds is 4. The number of aromatic carboxylic acids is 1. The van der Waals surface area contributed by atoms with Gasteiger partial charge in [0.2, 0.25) is 5.95 Å². The van der Waals surface area contributed by atoms with E-state index in [1.54, 1.807) is 42.7 Å². The van der Waals surface area contributed by atoms with Crippen molar-refractivity contribution in [2.45, 2.75) is 6.18 Å². The SMILES string of the molecule is O=C(O)C(F)(F)F.O=C(O)c1ccc(-c2ccccc2Nc2ncccn2)cc1. The van der Waals surface area contributed by atoms with Crippen LogP contribution in [0.25, 0.3) is 11.1 Å². The Hall–Kier alpha value is -3.95. The van der Waals surface area contributed by atoms with E-state index >= 15 is 0 Å². The van der Waals surface area contributed by atoms with Gasteiger partial charge in [-0.2, -0.15) is 13.2 Å². The van der Waals surface area contributed by atoms with Crippen molar-refractivity contribution < 1.29 is 33.0 Å². The van der Waals surface area contributed by atoms with Gasteiger partial charge in [-0.25, -0.2) is 19.6 Å². The summed E-state index contributed by atoms with van der Waals surface area (Å²) in [5.41, 5.74) is 2.99. The van der Waals surface area contributed by atoms with Crippen molar-refractivity contribution in [1.29, 1.82) is 0 Å². The van der Waals surface area contributed by atoms with Gasteiger partial charge in [0.25, 0.3) is 0 Å². The smallest absolute Gasteiger partial charge is 0.478 e. The molecular formula is C19H14F3N3O4. The number of carboxylic acids is 2. The number of para-hydroxylation sites is 1. The molecule has 0 amide bonds. The Labute approximate surface area is 162 Å².